The minimum Gasteiger partial charge on any atom is -0.376 e. The van der Waals surface area contributed by atoms with E-state index in [4.69, 9.17) is 0 Å². The molecule has 0 heterocycles. The lowest BCUT2D eigenvalue weighted by molar-refractivity contribution is -0.116. The van der Waals surface area contributed by atoms with E-state index in [1.165, 1.54) is 11.1 Å². The van der Waals surface area contributed by atoms with Crippen molar-refractivity contribution in [2.75, 3.05) is 23.3 Å². The molecule has 3 heteroatoms. The molecule has 0 aliphatic heterocycles. The highest BCUT2D eigenvalue weighted by Crippen LogP contribution is 2.17. The molecule has 1 N–H and O–H groups in total. The molecule has 0 aliphatic carbocycles. The lowest BCUT2D eigenvalue weighted by atomic mass is 10.1. The highest BCUT2D eigenvalue weighted by Gasteiger charge is 2.13. The third-order valence-electron chi connectivity index (χ3n) is 3.60. The molecule has 0 saturated heterocycles. The Morgan fingerprint density at radius 2 is 1.68 bits per heavy atom. The molecule has 3 nitrogen and oxygen atoms in total. The van der Waals surface area contributed by atoms with Crippen LogP contribution >= 0.6 is 0 Å². The van der Waals surface area contributed by atoms with E-state index in [1.54, 1.807) is 0 Å². The van der Waals surface area contributed by atoms with Crippen molar-refractivity contribution in [2.24, 2.45) is 0 Å². The van der Waals surface area contributed by atoms with E-state index in [9.17, 15) is 4.79 Å². The van der Waals surface area contributed by atoms with E-state index in [0.717, 1.165) is 16.9 Å². The first kappa shape index (κ1) is 16.1. The van der Waals surface area contributed by atoms with Gasteiger partial charge in [0.25, 0.3) is 0 Å². The van der Waals surface area contributed by atoms with E-state index in [1.807, 2.05) is 43.0 Å². The van der Waals surface area contributed by atoms with Gasteiger partial charge in [0.2, 0.25) is 5.91 Å². The van der Waals surface area contributed by atoms with Crippen molar-refractivity contribution in [1.82, 2.24) is 0 Å². The summed E-state index contributed by atoms with van der Waals surface area (Å²) in [5.74, 6) is 0.0762. The number of rotatable bonds is 5. The Morgan fingerprint density at radius 3 is 2.27 bits per heavy atom. The number of carbonyl (C=O) groups is 1. The summed E-state index contributed by atoms with van der Waals surface area (Å²) in [6, 6.07) is 14.3. The van der Waals surface area contributed by atoms with Crippen molar-refractivity contribution >= 4 is 17.3 Å². The molecule has 0 atom stereocenters. The highest BCUT2D eigenvalue weighted by molar-refractivity contribution is 5.96. The van der Waals surface area contributed by atoms with Gasteiger partial charge in [-0.3, -0.25) is 4.79 Å². The number of amides is 1. The third kappa shape index (κ3) is 4.10. The van der Waals surface area contributed by atoms with Crippen LogP contribution in [0.25, 0.3) is 0 Å². The maximum atomic E-state index is 12.5. The molecule has 2 rings (SSSR count). The summed E-state index contributed by atoms with van der Waals surface area (Å²) in [6.45, 7) is 9.12. The zero-order chi connectivity index (χ0) is 16.1. The van der Waals surface area contributed by atoms with Gasteiger partial charge in [0, 0.05) is 17.9 Å². The van der Waals surface area contributed by atoms with Crippen LogP contribution in [-0.2, 0) is 4.79 Å². The van der Waals surface area contributed by atoms with E-state index < -0.39 is 0 Å². The average Bonchev–Trinajstić information content (AvgIpc) is 2.45. The van der Waals surface area contributed by atoms with E-state index in [-0.39, 0.29) is 5.91 Å². The molecule has 0 saturated carbocycles. The Morgan fingerprint density at radius 1 is 1.00 bits per heavy atom. The van der Waals surface area contributed by atoms with Crippen LogP contribution in [0.2, 0.25) is 0 Å². The molecule has 0 spiro atoms. The minimum atomic E-state index is 0.0762. The highest BCUT2D eigenvalue weighted by atomic mass is 16.2. The number of hydrogen-bond donors (Lipinski definition) is 1. The molecule has 0 unspecified atom stereocenters. The molecule has 0 aromatic heterocycles. The van der Waals surface area contributed by atoms with Crippen LogP contribution in [-0.4, -0.2) is 19.0 Å². The van der Waals surface area contributed by atoms with Gasteiger partial charge in [-0.2, -0.15) is 0 Å². The fourth-order valence-electron chi connectivity index (χ4n) is 2.65. The molecule has 0 bridgehead atoms. The standard InChI is InChI=1S/C19H24N2O/c1-5-21(18-8-6-7-14(2)12-18)19(22)13-20-17-10-15(3)9-16(4)11-17/h6-12,20H,5,13H2,1-4H3. The number of hydrogen-bond acceptors (Lipinski definition) is 2. The Bertz CT molecular complexity index is 644. The Balaban J connectivity index is 2.06. The van der Waals surface area contributed by atoms with Crippen LogP contribution in [0.4, 0.5) is 11.4 Å². The van der Waals surface area contributed by atoms with E-state index in [2.05, 4.69) is 37.4 Å². The number of aryl methyl sites for hydroxylation is 3. The van der Waals surface area contributed by atoms with Crippen molar-refractivity contribution in [3.05, 3.63) is 59.2 Å². The van der Waals surface area contributed by atoms with Crippen LogP contribution in [0.1, 0.15) is 23.6 Å². The zero-order valence-corrected chi connectivity index (χ0v) is 13.8. The van der Waals surface area contributed by atoms with Crippen LogP contribution in [0.15, 0.2) is 42.5 Å². The maximum Gasteiger partial charge on any atom is 0.246 e. The smallest absolute Gasteiger partial charge is 0.246 e. The van der Waals surface area contributed by atoms with Crippen molar-refractivity contribution in [1.29, 1.82) is 0 Å². The molecule has 22 heavy (non-hydrogen) atoms. The zero-order valence-electron chi connectivity index (χ0n) is 13.8. The molecule has 2 aromatic rings. The lowest BCUT2D eigenvalue weighted by Crippen LogP contribution is -2.35. The predicted molar refractivity (Wildman–Crippen MR) is 93.6 cm³/mol. The van der Waals surface area contributed by atoms with Gasteiger partial charge in [0.1, 0.15) is 0 Å². The normalized spacial score (nSPS) is 10.4. The first-order chi connectivity index (χ1) is 10.5. The topological polar surface area (TPSA) is 32.3 Å². The number of nitrogens with zero attached hydrogens (tertiary/aromatic N) is 1. The van der Waals surface area contributed by atoms with E-state index in [0.29, 0.717) is 13.1 Å². The van der Waals surface area contributed by atoms with Crippen LogP contribution in [0.5, 0.6) is 0 Å². The SMILES string of the molecule is CCN(C(=O)CNc1cc(C)cc(C)c1)c1cccc(C)c1. The fourth-order valence-corrected chi connectivity index (χ4v) is 2.65. The summed E-state index contributed by atoms with van der Waals surface area (Å²) in [6.07, 6.45) is 0. The molecule has 116 valence electrons. The number of nitrogens with one attached hydrogen (secondary N) is 1. The van der Waals surface area contributed by atoms with Crippen molar-refractivity contribution in [3.8, 4) is 0 Å². The fraction of sp³-hybridized carbons (Fsp3) is 0.316. The van der Waals surface area contributed by atoms with Gasteiger partial charge < -0.3 is 10.2 Å². The predicted octanol–water partition coefficient (Wildman–Crippen LogP) is 4.08. The molecular weight excluding hydrogens is 272 g/mol. The Kier molecular flexibility index (Phi) is 5.21. The van der Waals surface area contributed by atoms with Gasteiger partial charge >= 0.3 is 0 Å². The Hall–Kier alpha value is -2.29. The Labute approximate surface area is 133 Å². The van der Waals surface area contributed by atoms with Gasteiger partial charge in [-0.15, -0.1) is 0 Å². The van der Waals surface area contributed by atoms with Gasteiger partial charge in [0.15, 0.2) is 0 Å². The summed E-state index contributed by atoms with van der Waals surface area (Å²) in [4.78, 5) is 14.3. The maximum absolute atomic E-state index is 12.5. The second-order valence-electron chi connectivity index (χ2n) is 5.71. The first-order valence-corrected chi connectivity index (χ1v) is 7.69. The molecule has 0 aliphatic rings. The molecule has 0 fully saturated rings. The van der Waals surface area contributed by atoms with Crippen molar-refractivity contribution < 1.29 is 4.79 Å². The van der Waals surface area contributed by atoms with Crippen molar-refractivity contribution in [2.45, 2.75) is 27.7 Å². The second kappa shape index (κ2) is 7.12. The average molecular weight is 296 g/mol. The molecular formula is C19H24N2O. The number of carbonyl (C=O) groups excluding carboxylic acids is 1. The quantitative estimate of drug-likeness (QED) is 0.901. The summed E-state index contributed by atoms with van der Waals surface area (Å²) < 4.78 is 0. The van der Waals surface area contributed by atoms with E-state index >= 15 is 0 Å². The minimum absolute atomic E-state index is 0.0762. The third-order valence-corrected chi connectivity index (χ3v) is 3.60. The number of benzene rings is 2. The molecule has 2 aromatic carbocycles. The van der Waals surface area contributed by atoms with Crippen LogP contribution < -0.4 is 10.2 Å². The second-order valence-corrected chi connectivity index (χ2v) is 5.71. The van der Waals surface area contributed by atoms with Crippen molar-refractivity contribution in [3.63, 3.8) is 0 Å². The summed E-state index contributed by atoms with van der Waals surface area (Å²) >= 11 is 0. The van der Waals surface area contributed by atoms with Crippen LogP contribution in [0, 0.1) is 20.8 Å². The molecule has 0 radical (unpaired) electrons. The van der Waals surface area contributed by atoms with Gasteiger partial charge in [-0.1, -0.05) is 18.2 Å². The van der Waals surface area contributed by atoms with Gasteiger partial charge in [0.05, 0.1) is 6.54 Å². The number of likely N-dealkylation sites (N-methyl/N-ethyl adjacent to an activating group) is 1. The summed E-state index contributed by atoms with van der Waals surface area (Å²) in [5.41, 5.74) is 5.49. The van der Waals surface area contributed by atoms with Gasteiger partial charge in [-0.25, -0.2) is 0 Å². The largest absolute Gasteiger partial charge is 0.376 e. The monoisotopic (exact) mass is 296 g/mol. The summed E-state index contributed by atoms with van der Waals surface area (Å²) in [7, 11) is 0. The lowest BCUT2D eigenvalue weighted by Gasteiger charge is -2.22. The van der Waals surface area contributed by atoms with Gasteiger partial charge in [-0.05, 0) is 68.7 Å². The summed E-state index contributed by atoms with van der Waals surface area (Å²) in [5, 5.41) is 3.23. The first-order valence-electron chi connectivity index (χ1n) is 7.69. The number of anilines is 2. The van der Waals surface area contributed by atoms with Crippen LogP contribution in [0.3, 0.4) is 0 Å². The molecule has 1 amide bonds.